The molecule has 1 aliphatic heterocycles. The van der Waals surface area contributed by atoms with Crippen LogP contribution in [0.25, 0.3) is 0 Å². The van der Waals surface area contributed by atoms with Crippen LogP contribution < -0.4 is 4.74 Å². The van der Waals surface area contributed by atoms with Crippen molar-refractivity contribution in [2.75, 3.05) is 7.11 Å². The topological polar surface area (TPSA) is 62.1 Å². The number of benzene rings is 1. The zero-order chi connectivity index (χ0) is 17.5. The Morgan fingerprint density at radius 1 is 1.33 bits per heavy atom. The van der Waals surface area contributed by atoms with Gasteiger partial charge < -0.3 is 9.84 Å². The van der Waals surface area contributed by atoms with Gasteiger partial charge in [0, 0.05) is 11.3 Å². The van der Waals surface area contributed by atoms with Crippen LogP contribution in [-0.2, 0) is 0 Å². The van der Waals surface area contributed by atoms with E-state index in [1.54, 1.807) is 0 Å². The van der Waals surface area contributed by atoms with Crippen LogP contribution >= 0.6 is 0 Å². The molecule has 1 N–H and O–H groups in total. The van der Waals surface area contributed by atoms with Crippen LogP contribution in [0.1, 0.15) is 36.0 Å². The van der Waals surface area contributed by atoms with Gasteiger partial charge in [0.15, 0.2) is 0 Å². The number of carbonyl (C=O) groups excluding carboxylic acids is 1. The summed E-state index contributed by atoms with van der Waals surface area (Å²) in [5, 5.41) is 14.5. The molecule has 8 heteroatoms. The van der Waals surface area contributed by atoms with Gasteiger partial charge in [0.25, 0.3) is 11.6 Å². The van der Waals surface area contributed by atoms with Gasteiger partial charge in [-0.15, -0.1) is 0 Å². The first-order valence-corrected chi connectivity index (χ1v) is 7.64. The summed E-state index contributed by atoms with van der Waals surface area (Å²) in [6, 6.07) is 5.63. The van der Waals surface area contributed by atoms with Gasteiger partial charge in [0.1, 0.15) is 5.75 Å². The molecule has 0 bridgehead atoms. The third-order valence-corrected chi connectivity index (χ3v) is 4.56. The molecule has 5 nitrogen and oxygen atoms in total. The summed E-state index contributed by atoms with van der Waals surface area (Å²) in [5.41, 5.74) is -3.05. The van der Waals surface area contributed by atoms with Gasteiger partial charge in [-0.3, -0.25) is 4.79 Å². The van der Waals surface area contributed by atoms with E-state index >= 15 is 0 Å². The molecule has 0 aromatic heterocycles. The molecule has 1 fully saturated rings. The maximum Gasteiger partial charge on any atom is 0.439 e. The van der Waals surface area contributed by atoms with Gasteiger partial charge in [0.05, 0.1) is 13.0 Å². The van der Waals surface area contributed by atoms with Crippen molar-refractivity contribution in [1.29, 1.82) is 0 Å². The van der Waals surface area contributed by atoms with E-state index in [0.29, 0.717) is 25.0 Å². The maximum absolute atomic E-state index is 13.6. The highest BCUT2D eigenvalue weighted by atomic mass is 19.4. The number of hydrazone groups is 1. The Morgan fingerprint density at radius 3 is 2.58 bits per heavy atom. The molecule has 130 valence electrons. The minimum Gasteiger partial charge on any atom is -0.497 e. The van der Waals surface area contributed by atoms with E-state index in [9.17, 15) is 23.1 Å². The summed E-state index contributed by atoms with van der Waals surface area (Å²) in [4.78, 5) is 12.6. The number of aliphatic hydroxyl groups is 1. The SMILES string of the molecule is COc1ccc(C(=O)N2N=C3CCCCC3C2(O)C(F)(F)F)cc1. The molecule has 2 unspecified atom stereocenters. The molecule has 1 aromatic carbocycles. The number of methoxy groups -OCH3 is 1. The summed E-state index contributed by atoms with van der Waals surface area (Å²) in [6.45, 7) is 0. The first kappa shape index (κ1) is 16.8. The van der Waals surface area contributed by atoms with Crippen molar-refractivity contribution in [2.24, 2.45) is 11.0 Å². The minimum atomic E-state index is -5.00. The van der Waals surface area contributed by atoms with Gasteiger partial charge in [0.2, 0.25) is 0 Å². The van der Waals surface area contributed by atoms with E-state index in [2.05, 4.69) is 5.10 Å². The number of alkyl halides is 3. The Kier molecular flexibility index (Phi) is 4.03. The first-order chi connectivity index (χ1) is 11.3. The smallest absolute Gasteiger partial charge is 0.439 e. The second-order valence-electron chi connectivity index (χ2n) is 5.96. The van der Waals surface area contributed by atoms with Crippen molar-refractivity contribution >= 4 is 11.6 Å². The molecule has 1 saturated carbocycles. The number of carbonyl (C=O) groups is 1. The Bertz CT molecular complexity index is 672. The quantitative estimate of drug-likeness (QED) is 0.899. The molecule has 1 amide bonds. The zero-order valence-electron chi connectivity index (χ0n) is 13.0. The van der Waals surface area contributed by atoms with Crippen molar-refractivity contribution in [1.82, 2.24) is 5.01 Å². The van der Waals surface area contributed by atoms with Gasteiger partial charge in [-0.2, -0.15) is 23.3 Å². The zero-order valence-corrected chi connectivity index (χ0v) is 13.0. The fraction of sp³-hybridized carbons (Fsp3) is 0.500. The van der Waals surface area contributed by atoms with Crippen molar-refractivity contribution in [3.63, 3.8) is 0 Å². The van der Waals surface area contributed by atoms with Gasteiger partial charge in [-0.25, -0.2) is 0 Å². The predicted molar refractivity (Wildman–Crippen MR) is 79.6 cm³/mol. The van der Waals surface area contributed by atoms with Crippen LogP contribution in [0.3, 0.4) is 0 Å². The van der Waals surface area contributed by atoms with Crippen molar-refractivity contribution < 1.29 is 27.8 Å². The number of hydrogen-bond donors (Lipinski definition) is 1. The Hall–Kier alpha value is -2.09. The summed E-state index contributed by atoms with van der Waals surface area (Å²) < 4.78 is 45.8. The maximum atomic E-state index is 13.6. The Labute approximate surface area is 136 Å². The highest BCUT2D eigenvalue weighted by Crippen LogP contribution is 2.48. The van der Waals surface area contributed by atoms with E-state index in [1.807, 2.05) is 0 Å². The van der Waals surface area contributed by atoms with Gasteiger partial charge >= 0.3 is 6.18 Å². The molecule has 3 rings (SSSR count). The number of rotatable bonds is 2. The molecular weight excluding hydrogens is 325 g/mol. The van der Waals surface area contributed by atoms with Crippen LogP contribution in [0, 0.1) is 5.92 Å². The fourth-order valence-electron chi connectivity index (χ4n) is 3.27. The molecular formula is C16H17F3N2O3. The third-order valence-electron chi connectivity index (χ3n) is 4.56. The standard InChI is InChI=1S/C16H17F3N2O3/c1-24-11-8-6-10(7-9-11)14(22)21-15(23,16(17,18)19)12-4-2-3-5-13(12)20-21/h6-9,12,23H,2-5H2,1H3. The van der Waals surface area contributed by atoms with Crippen LogP contribution in [0.5, 0.6) is 5.75 Å². The van der Waals surface area contributed by atoms with Crippen LogP contribution in [0.4, 0.5) is 13.2 Å². The van der Waals surface area contributed by atoms with Crippen molar-refractivity contribution in [3.05, 3.63) is 29.8 Å². The van der Waals surface area contributed by atoms with Crippen LogP contribution in [0.15, 0.2) is 29.4 Å². The molecule has 24 heavy (non-hydrogen) atoms. The molecule has 2 atom stereocenters. The highest BCUT2D eigenvalue weighted by molar-refractivity contribution is 5.99. The van der Waals surface area contributed by atoms with E-state index in [-0.39, 0.29) is 22.7 Å². The number of ether oxygens (including phenoxy) is 1. The van der Waals surface area contributed by atoms with Gasteiger partial charge in [-0.05, 0) is 43.5 Å². The molecule has 1 heterocycles. The van der Waals surface area contributed by atoms with E-state index in [4.69, 9.17) is 4.74 Å². The molecule has 0 spiro atoms. The molecule has 1 aromatic rings. The lowest BCUT2D eigenvalue weighted by Crippen LogP contribution is -2.61. The first-order valence-electron chi connectivity index (χ1n) is 7.64. The lowest BCUT2D eigenvalue weighted by Gasteiger charge is -2.38. The largest absolute Gasteiger partial charge is 0.497 e. The summed E-state index contributed by atoms with van der Waals surface area (Å²) in [6.07, 6.45) is -3.22. The van der Waals surface area contributed by atoms with Crippen molar-refractivity contribution in [3.8, 4) is 5.75 Å². The number of halogens is 3. The molecule has 0 saturated heterocycles. The number of fused-ring (bicyclic) bond motifs is 1. The highest BCUT2D eigenvalue weighted by Gasteiger charge is 2.68. The average Bonchev–Trinajstić information content (AvgIpc) is 2.89. The van der Waals surface area contributed by atoms with E-state index < -0.39 is 23.7 Å². The van der Waals surface area contributed by atoms with E-state index in [0.717, 1.165) is 0 Å². The monoisotopic (exact) mass is 342 g/mol. The second-order valence-corrected chi connectivity index (χ2v) is 5.96. The summed E-state index contributed by atoms with van der Waals surface area (Å²) in [7, 11) is 1.44. The molecule has 2 aliphatic rings. The van der Waals surface area contributed by atoms with Crippen LogP contribution in [-0.4, -0.2) is 40.7 Å². The summed E-state index contributed by atoms with van der Waals surface area (Å²) in [5.74, 6) is -1.72. The summed E-state index contributed by atoms with van der Waals surface area (Å²) >= 11 is 0. The second kappa shape index (κ2) is 5.77. The molecule has 1 aliphatic carbocycles. The number of hydrogen-bond acceptors (Lipinski definition) is 4. The van der Waals surface area contributed by atoms with Crippen LogP contribution in [0.2, 0.25) is 0 Å². The third kappa shape index (κ3) is 2.45. The Morgan fingerprint density at radius 2 is 2.00 bits per heavy atom. The predicted octanol–water partition coefficient (Wildman–Crippen LogP) is 2.95. The fourth-order valence-corrected chi connectivity index (χ4v) is 3.27. The van der Waals surface area contributed by atoms with Crippen molar-refractivity contribution in [2.45, 2.75) is 37.6 Å². The molecule has 0 radical (unpaired) electrons. The van der Waals surface area contributed by atoms with E-state index in [1.165, 1.54) is 31.4 Å². The number of nitrogens with zero attached hydrogens (tertiary/aromatic N) is 2. The van der Waals surface area contributed by atoms with Gasteiger partial charge in [-0.1, -0.05) is 6.42 Å². The number of amides is 1. The normalized spacial score (nSPS) is 26.8. The minimum absolute atomic E-state index is 0.00136. The average molecular weight is 342 g/mol. The Balaban J connectivity index is 1.99. The lowest BCUT2D eigenvalue weighted by molar-refractivity contribution is -0.312. The lowest BCUT2D eigenvalue weighted by atomic mass is 9.80.